The van der Waals surface area contributed by atoms with Crippen LogP contribution in [-0.2, 0) is 13.2 Å². The lowest BCUT2D eigenvalue weighted by atomic mass is 9.85. The zero-order valence-electron chi connectivity index (χ0n) is 11.4. The van der Waals surface area contributed by atoms with Gasteiger partial charge in [-0.3, -0.25) is 0 Å². The average Bonchev–Trinajstić information content (AvgIpc) is 2.34. The molecule has 0 aromatic heterocycles. The van der Waals surface area contributed by atoms with Gasteiger partial charge in [-0.2, -0.15) is 0 Å². The molecule has 1 aliphatic carbocycles. The first-order valence-electron chi connectivity index (χ1n) is 6.68. The van der Waals surface area contributed by atoms with Gasteiger partial charge in [-0.05, 0) is 43.5 Å². The first kappa shape index (κ1) is 13.4. The van der Waals surface area contributed by atoms with E-state index in [0.29, 0.717) is 0 Å². The van der Waals surface area contributed by atoms with Crippen molar-refractivity contribution in [3.63, 3.8) is 0 Å². The van der Waals surface area contributed by atoms with Gasteiger partial charge >= 0.3 is 0 Å². The zero-order valence-corrected chi connectivity index (χ0v) is 11.4. The van der Waals surface area contributed by atoms with Gasteiger partial charge in [0.05, 0.1) is 13.7 Å². The van der Waals surface area contributed by atoms with E-state index in [1.807, 2.05) is 18.2 Å². The highest BCUT2D eigenvalue weighted by molar-refractivity contribution is 5.37. The van der Waals surface area contributed by atoms with Crippen LogP contribution in [-0.4, -0.2) is 30.7 Å². The number of hydrogen-bond donors (Lipinski definition) is 1. The average molecular weight is 249 g/mol. The van der Waals surface area contributed by atoms with Gasteiger partial charge in [-0.15, -0.1) is 0 Å². The quantitative estimate of drug-likeness (QED) is 0.840. The maximum absolute atomic E-state index is 9.20. The van der Waals surface area contributed by atoms with Gasteiger partial charge in [0, 0.05) is 18.7 Å². The fraction of sp³-hybridized carbons (Fsp3) is 0.600. The van der Waals surface area contributed by atoms with Crippen LogP contribution in [0.1, 0.15) is 30.4 Å². The lowest BCUT2D eigenvalue weighted by molar-refractivity contribution is 0.199. The molecule has 1 saturated carbocycles. The van der Waals surface area contributed by atoms with E-state index in [1.54, 1.807) is 7.11 Å². The highest BCUT2D eigenvalue weighted by Crippen LogP contribution is 2.28. The first-order valence-corrected chi connectivity index (χ1v) is 6.68. The first-order chi connectivity index (χ1) is 8.72. The SMILES string of the molecule is COc1ccc(CO)cc1CN(C)CC1CCC1. The molecule has 18 heavy (non-hydrogen) atoms. The molecule has 0 aliphatic heterocycles. The molecule has 0 unspecified atom stereocenters. The minimum atomic E-state index is 0.0866. The normalized spacial score (nSPS) is 15.8. The maximum atomic E-state index is 9.20. The summed E-state index contributed by atoms with van der Waals surface area (Å²) in [6.45, 7) is 2.13. The molecular weight excluding hydrogens is 226 g/mol. The molecule has 1 fully saturated rings. The number of rotatable bonds is 6. The Labute approximate surface area is 109 Å². The smallest absolute Gasteiger partial charge is 0.123 e. The lowest BCUT2D eigenvalue weighted by Gasteiger charge is -2.30. The molecule has 0 saturated heterocycles. The number of hydrogen-bond acceptors (Lipinski definition) is 3. The molecule has 0 atom stereocenters. The fourth-order valence-electron chi connectivity index (χ4n) is 2.53. The van der Waals surface area contributed by atoms with Crippen LogP contribution in [0.25, 0.3) is 0 Å². The molecule has 0 heterocycles. The number of benzene rings is 1. The van der Waals surface area contributed by atoms with E-state index in [1.165, 1.54) is 19.3 Å². The van der Waals surface area contributed by atoms with Gasteiger partial charge in [0.1, 0.15) is 5.75 Å². The van der Waals surface area contributed by atoms with Crippen molar-refractivity contribution in [2.45, 2.75) is 32.4 Å². The van der Waals surface area contributed by atoms with Crippen molar-refractivity contribution >= 4 is 0 Å². The number of methoxy groups -OCH3 is 1. The van der Waals surface area contributed by atoms with E-state index in [4.69, 9.17) is 4.74 Å². The monoisotopic (exact) mass is 249 g/mol. The van der Waals surface area contributed by atoms with Gasteiger partial charge in [0.25, 0.3) is 0 Å². The third-order valence-corrected chi connectivity index (χ3v) is 3.76. The van der Waals surface area contributed by atoms with Gasteiger partial charge in [0.2, 0.25) is 0 Å². The number of aliphatic hydroxyl groups excluding tert-OH is 1. The van der Waals surface area contributed by atoms with Crippen LogP contribution in [0.4, 0.5) is 0 Å². The Morgan fingerprint density at radius 1 is 1.39 bits per heavy atom. The molecule has 0 spiro atoms. The van der Waals surface area contributed by atoms with Gasteiger partial charge in [0.15, 0.2) is 0 Å². The second kappa shape index (κ2) is 6.21. The van der Waals surface area contributed by atoms with Gasteiger partial charge in [-0.25, -0.2) is 0 Å². The molecule has 1 aliphatic rings. The number of ether oxygens (including phenoxy) is 1. The van der Waals surface area contributed by atoms with Crippen molar-refractivity contribution in [3.05, 3.63) is 29.3 Å². The van der Waals surface area contributed by atoms with Crippen molar-refractivity contribution in [1.82, 2.24) is 4.90 Å². The molecule has 0 bridgehead atoms. The lowest BCUT2D eigenvalue weighted by Crippen LogP contribution is -2.29. The predicted molar refractivity (Wildman–Crippen MR) is 72.6 cm³/mol. The standard InChI is InChI=1S/C15H23NO2/c1-16(9-12-4-3-5-12)10-14-8-13(11-17)6-7-15(14)18-2/h6-8,12,17H,3-5,9-11H2,1-2H3. The summed E-state index contributed by atoms with van der Waals surface area (Å²) in [5.41, 5.74) is 2.11. The van der Waals surface area contributed by atoms with Crippen molar-refractivity contribution in [2.24, 2.45) is 5.92 Å². The Kier molecular flexibility index (Phi) is 4.61. The van der Waals surface area contributed by atoms with E-state index in [2.05, 4.69) is 11.9 Å². The molecule has 0 amide bonds. The molecule has 3 heteroatoms. The molecule has 2 rings (SSSR count). The van der Waals surface area contributed by atoms with Crippen LogP contribution in [0.5, 0.6) is 5.75 Å². The summed E-state index contributed by atoms with van der Waals surface area (Å²) in [5, 5.41) is 9.20. The van der Waals surface area contributed by atoms with E-state index in [9.17, 15) is 5.11 Å². The van der Waals surface area contributed by atoms with Crippen molar-refractivity contribution in [1.29, 1.82) is 0 Å². The van der Waals surface area contributed by atoms with Gasteiger partial charge in [-0.1, -0.05) is 12.5 Å². The van der Waals surface area contributed by atoms with Crippen LogP contribution in [0.3, 0.4) is 0 Å². The highest BCUT2D eigenvalue weighted by atomic mass is 16.5. The molecular formula is C15H23NO2. The summed E-state index contributed by atoms with van der Waals surface area (Å²) in [6, 6.07) is 5.89. The summed E-state index contributed by atoms with van der Waals surface area (Å²) in [6.07, 6.45) is 4.14. The minimum absolute atomic E-state index is 0.0866. The fourth-order valence-corrected chi connectivity index (χ4v) is 2.53. The molecule has 1 aromatic carbocycles. The Bertz CT molecular complexity index is 388. The largest absolute Gasteiger partial charge is 0.496 e. The topological polar surface area (TPSA) is 32.7 Å². The number of aliphatic hydroxyl groups is 1. The Morgan fingerprint density at radius 2 is 2.17 bits per heavy atom. The van der Waals surface area contributed by atoms with Crippen molar-refractivity contribution in [3.8, 4) is 5.75 Å². The van der Waals surface area contributed by atoms with Crippen LogP contribution in [0, 0.1) is 5.92 Å². The second-order valence-corrected chi connectivity index (χ2v) is 5.30. The Balaban J connectivity index is 2.00. The predicted octanol–water partition coefficient (Wildman–Crippen LogP) is 2.42. The Hall–Kier alpha value is -1.06. The molecule has 0 radical (unpaired) electrons. The minimum Gasteiger partial charge on any atom is -0.496 e. The summed E-state index contributed by atoms with van der Waals surface area (Å²) in [5.74, 6) is 1.79. The summed E-state index contributed by atoms with van der Waals surface area (Å²) in [7, 11) is 3.85. The summed E-state index contributed by atoms with van der Waals surface area (Å²) in [4.78, 5) is 2.35. The van der Waals surface area contributed by atoms with E-state index < -0.39 is 0 Å². The molecule has 3 nitrogen and oxygen atoms in total. The summed E-state index contributed by atoms with van der Waals surface area (Å²) < 4.78 is 5.38. The molecule has 100 valence electrons. The zero-order chi connectivity index (χ0) is 13.0. The third-order valence-electron chi connectivity index (χ3n) is 3.76. The van der Waals surface area contributed by atoms with E-state index in [-0.39, 0.29) is 6.61 Å². The van der Waals surface area contributed by atoms with Gasteiger partial charge < -0.3 is 14.7 Å². The number of nitrogens with zero attached hydrogens (tertiary/aromatic N) is 1. The second-order valence-electron chi connectivity index (χ2n) is 5.30. The van der Waals surface area contributed by atoms with Crippen LogP contribution in [0.15, 0.2) is 18.2 Å². The van der Waals surface area contributed by atoms with Crippen LogP contribution >= 0.6 is 0 Å². The summed E-state index contributed by atoms with van der Waals surface area (Å²) >= 11 is 0. The van der Waals surface area contributed by atoms with Crippen molar-refractivity contribution in [2.75, 3.05) is 20.7 Å². The van der Waals surface area contributed by atoms with E-state index >= 15 is 0 Å². The van der Waals surface area contributed by atoms with E-state index in [0.717, 1.165) is 35.9 Å². The van der Waals surface area contributed by atoms with Crippen LogP contribution < -0.4 is 4.74 Å². The third kappa shape index (κ3) is 3.24. The molecule has 1 N–H and O–H groups in total. The molecule has 1 aromatic rings. The van der Waals surface area contributed by atoms with Crippen LogP contribution in [0.2, 0.25) is 0 Å². The highest BCUT2D eigenvalue weighted by Gasteiger charge is 2.19. The van der Waals surface area contributed by atoms with Crippen molar-refractivity contribution < 1.29 is 9.84 Å². The Morgan fingerprint density at radius 3 is 2.72 bits per heavy atom. The maximum Gasteiger partial charge on any atom is 0.123 e.